The van der Waals surface area contributed by atoms with Crippen LogP contribution in [0.15, 0.2) is 72.8 Å². The number of amides is 2. The highest BCUT2D eigenvalue weighted by Crippen LogP contribution is 2.28. The quantitative estimate of drug-likeness (QED) is 0.298. The summed E-state index contributed by atoms with van der Waals surface area (Å²) in [5, 5.41) is 3.65. The molecule has 202 valence electrons. The van der Waals surface area contributed by atoms with Crippen LogP contribution in [-0.4, -0.2) is 43.0 Å². The van der Waals surface area contributed by atoms with Crippen LogP contribution in [0.1, 0.15) is 43.4 Å². The Labute approximate surface area is 230 Å². The second-order valence-electron chi connectivity index (χ2n) is 9.33. The summed E-state index contributed by atoms with van der Waals surface area (Å²) in [7, 11) is 3.17. The Morgan fingerprint density at radius 2 is 1.61 bits per heavy atom. The van der Waals surface area contributed by atoms with Gasteiger partial charge in [-0.25, -0.2) is 0 Å². The van der Waals surface area contributed by atoms with Gasteiger partial charge in [0.05, 0.1) is 14.2 Å². The summed E-state index contributed by atoms with van der Waals surface area (Å²) >= 11 is 6.49. The molecular formula is C31H37ClN2O4. The number of carbonyl (C=O) groups excluding carboxylic acids is 2. The van der Waals surface area contributed by atoms with Gasteiger partial charge in [-0.05, 0) is 54.7 Å². The van der Waals surface area contributed by atoms with Crippen LogP contribution in [0.2, 0.25) is 5.02 Å². The van der Waals surface area contributed by atoms with Crippen molar-refractivity contribution in [3.63, 3.8) is 0 Å². The molecule has 0 aliphatic rings. The molecule has 0 fully saturated rings. The highest BCUT2D eigenvalue weighted by atomic mass is 35.5. The Bertz CT molecular complexity index is 1200. The van der Waals surface area contributed by atoms with E-state index in [1.165, 1.54) is 0 Å². The maximum atomic E-state index is 13.8. The molecule has 7 heteroatoms. The Balaban J connectivity index is 1.92. The van der Waals surface area contributed by atoms with Crippen molar-refractivity contribution in [3.8, 4) is 11.5 Å². The first-order chi connectivity index (χ1) is 18.4. The molecule has 0 radical (unpaired) electrons. The number of rotatable bonds is 13. The number of benzene rings is 3. The third kappa shape index (κ3) is 7.99. The van der Waals surface area contributed by atoms with Gasteiger partial charge in [0.2, 0.25) is 11.8 Å². The summed E-state index contributed by atoms with van der Waals surface area (Å²) in [4.78, 5) is 29.1. The third-order valence-electron chi connectivity index (χ3n) is 6.65. The van der Waals surface area contributed by atoms with Crippen molar-refractivity contribution in [3.05, 3.63) is 94.5 Å². The topological polar surface area (TPSA) is 67.9 Å². The number of halogens is 1. The first-order valence-corrected chi connectivity index (χ1v) is 13.3. The summed E-state index contributed by atoms with van der Waals surface area (Å²) < 4.78 is 10.7. The first-order valence-electron chi connectivity index (χ1n) is 12.9. The molecule has 0 saturated heterocycles. The monoisotopic (exact) mass is 536 g/mol. The molecule has 1 N–H and O–H groups in total. The molecule has 0 aliphatic carbocycles. The zero-order valence-corrected chi connectivity index (χ0v) is 23.3. The lowest BCUT2D eigenvalue weighted by molar-refractivity contribution is -0.141. The minimum atomic E-state index is -0.694. The molecule has 2 amide bonds. The average Bonchev–Trinajstić information content (AvgIpc) is 2.94. The number of nitrogens with zero attached hydrogens (tertiary/aromatic N) is 1. The summed E-state index contributed by atoms with van der Waals surface area (Å²) in [6, 6.07) is 22.1. The Morgan fingerprint density at radius 1 is 0.921 bits per heavy atom. The van der Waals surface area contributed by atoms with Gasteiger partial charge in [-0.15, -0.1) is 0 Å². The van der Waals surface area contributed by atoms with Gasteiger partial charge < -0.3 is 19.7 Å². The Hall–Kier alpha value is -3.51. The van der Waals surface area contributed by atoms with E-state index in [-0.39, 0.29) is 30.8 Å². The van der Waals surface area contributed by atoms with Gasteiger partial charge >= 0.3 is 0 Å². The smallest absolute Gasteiger partial charge is 0.243 e. The lowest BCUT2D eigenvalue weighted by Crippen LogP contribution is -2.52. The summed E-state index contributed by atoms with van der Waals surface area (Å²) in [6.45, 7) is 4.22. The van der Waals surface area contributed by atoms with Crippen molar-refractivity contribution < 1.29 is 19.1 Å². The van der Waals surface area contributed by atoms with Crippen LogP contribution in [0, 0.1) is 0 Å². The van der Waals surface area contributed by atoms with Crippen molar-refractivity contribution >= 4 is 23.4 Å². The van der Waals surface area contributed by atoms with Crippen molar-refractivity contribution in [2.24, 2.45) is 0 Å². The molecule has 0 aliphatic heterocycles. The van der Waals surface area contributed by atoms with Gasteiger partial charge in [0.1, 0.15) is 6.04 Å². The molecule has 3 rings (SSSR count). The fraction of sp³-hybridized carbons (Fsp3) is 0.355. The normalized spacial score (nSPS) is 12.3. The van der Waals surface area contributed by atoms with E-state index in [0.29, 0.717) is 29.4 Å². The zero-order chi connectivity index (χ0) is 27.5. The van der Waals surface area contributed by atoms with Gasteiger partial charge in [0, 0.05) is 30.5 Å². The van der Waals surface area contributed by atoms with Crippen LogP contribution in [0.3, 0.4) is 0 Å². The van der Waals surface area contributed by atoms with E-state index in [9.17, 15) is 9.59 Å². The van der Waals surface area contributed by atoms with Crippen molar-refractivity contribution in [1.29, 1.82) is 0 Å². The maximum Gasteiger partial charge on any atom is 0.243 e. The minimum absolute atomic E-state index is 0.00944. The molecule has 3 aromatic carbocycles. The van der Waals surface area contributed by atoms with Gasteiger partial charge in [-0.1, -0.05) is 73.1 Å². The standard InChI is InChI=1S/C31H37ClN2O4/c1-5-22(2)33-31(36)27(19-23-11-7-6-8-12-23)34(21-25-13-9-10-14-26(25)32)30(35)18-16-24-15-17-28(37-3)29(20-24)38-4/h6-15,17,20,22,27H,5,16,18-19,21H2,1-4H3,(H,33,36). The molecule has 3 aromatic rings. The van der Waals surface area contributed by atoms with Gasteiger partial charge in [0.25, 0.3) is 0 Å². The highest BCUT2D eigenvalue weighted by Gasteiger charge is 2.31. The lowest BCUT2D eigenvalue weighted by Gasteiger charge is -2.32. The van der Waals surface area contributed by atoms with Gasteiger partial charge in [0.15, 0.2) is 11.5 Å². The van der Waals surface area contributed by atoms with Crippen molar-refractivity contribution in [2.75, 3.05) is 14.2 Å². The Kier molecular flexibility index (Phi) is 11.0. The van der Waals surface area contributed by atoms with Crippen molar-refractivity contribution in [2.45, 2.75) is 58.2 Å². The molecule has 2 atom stereocenters. The lowest BCUT2D eigenvalue weighted by atomic mass is 10.0. The van der Waals surface area contributed by atoms with Crippen LogP contribution in [-0.2, 0) is 29.0 Å². The minimum Gasteiger partial charge on any atom is -0.493 e. The predicted octanol–water partition coefficient (Wildman–Crippen LogP) is 5.84. The highest BCUT2D eigenvalue weighted by molar-refractivity contribution is 6.31. The van der Waals surface area contributed by atoms with Crippen LogP contribution < -0.4 is 14.8 Å². The molecule has 0 aromatic heterocycles. The summed E-state index contributed by atoms with van der Waals surface area (Å²) in [5.74, 6) is 0.947. The largest absolute Gasteiger partial charge is 0.493 e. The van der Waals surface area contributed by atoms with E-state index < -0.39 is 6.04 Å². The molecule has 6 nitrogen and oxygen atoms in total. The molecule has 0 bridgehead atoms. The number of carbonyl (C=O) groups is 2. The van der Waals surface area contributed by atoms with E-state index in [2.05, 4.69) is 5.32 Å². The number of hydrogen-bond acceptors (Lipinski definition) is 4. The molecule has 2 unspecified atom stereocenters. The maximum absolute atomic E-state index is 13.8. The first kappa shape index (κ1) is 29.1. The summed E-state index contributed by atoms with van der Waals surface area (Å²) in [6.07, 6.45) is 1.91. The zero-order valence-electron chi connectivity index (χ0n) is 22.6. The number of methoxy groups -OCH3 is 2. The predicted molar refractivity (Wildman–Crippen MR) is 152 cm³/mol. The van der Waals surface area contributed by atoms with E-state index >= 15 is 0 Å². The SMILES string of the molecule is CCC(C)NC(=O)C(Cc1ccccc1)N(Cc1ccccc1Cl)C(=O)CCc1ccc(OC)c(OC)c1. The molecule has 0 spiro atoms. The number of nitrogens with one attached hydrogen (secondary N) is 1. The van der Waals surface area contributed by atoms with Crippen LogP contribution in [0.4, 0.5) is 0 Å². The fourth-order valence-electron chi connectivity index (χ4n) is 4.24. The van der Waals surface area contributed by atoms with E-state index in [1.54, 1.807) is 25.2 Å². The van der Waals surface area contributed by atoms with E-state index in [4.69, 9.17) is 21.1 Å². The average molecular weight is 537 g/mol. The Morgan fingerprint density at radius 3 is 2.26 bits per heavy atom. The molecular weight excluding hydrogens is 500 g/mol. The fourth-order valence-corrected chi connectivity index (χ4v) is 4.43. The van der Waals surface area contributed by atoms with E-state index in [1.807, 2.05) is 80.6 Å². The van der Waals surface area contributed by atoms with E-state index in [0.717, 1.165) is 23.1 Å². The molecule has 0 saturated carbocycles. The number of aryl methyl sites for hydroxylation is 1. The van der Waals surface area contributed by atoms with Gasteiger partial charge in [-0.2, -0.15) is 0 Å². The van der Waals surface area contributed by atoms with Crippen LogP contribution in [0.25, 0.3) is 0 Å². The second-order valence-corrected chi connectivity index (χ2v) is 9.73. The molecule has 0 heterocycles. The third-order valence-corrected chi connectivity index (χ3v) is 7.01. The number of ether oxygens (including phenoxy) is 2. The molecule has 38 heavy (non-hydrogen) atoms. The van der Waals surface area contributed by atoms with Crippen LogP contribution in [0.5, 0.6) is 11.5 Å². The van der Waals surface area contributed by atoms with Gasteiger partial charge in [-0.3, -0.25) is 9.59 Å². The summed E-state index contributed by atoms with van der Waals surface area (Å²) in [5.41, 5.74) is 2.72. The van der Waals surface area contributed by atoms with Crippen LogP contribution >= 0.6 is 11.6 Å². The number of hydrogen-bond donors (Lipinski definition) is 1. The van der Waals surface area contributed by atoms with Crippen molar-refractivity contribution in [1.82, 2.24) is 10.2 Å². The second kappa shape index (κ2) is 14.4.